The highest BCUT2D eigenvalue weighted by Crippen LogP contribution is 2.32. The summed E-state index contributed by atoms with van der Waals surface area (Å²) in [6.45, 7) is 7.77. The largest absolute Gasteiger partial charge is 0.453 e. The molecule has 0 aromatic carbocycles. The van der Waals surface area contributed by atoms with Crippen LogP contribution in [-0.2, 0) is 23.9 Å². The van der Waals surface area contributed by atoms with Crippen molar-refractivity contribution >= 4 is 17.2 Å². The number of nitrogens with zero attached hydrogens (tertiary/aromatic N) is 7. The summed E-state index contributed by atoms with van der Waals surface area (Å²) >= 11 is 0. The minimum absolute atomic E-state index is 0.127. The fourth-order valence-electron chi connectivity index (χ4n) is 4.18. The highest BCUT2D eigenvalue weighted by Gasteiger charge is 2.38. The van der Waals surface area contributed by atoms with E-state index in [-0.39, 0.29) is 5.65 Å². The van der Waals surface area contributed by atoms with E-state index in [4.69, 9.17) is 4.74 Å². The summed E-state index contributed by atoms with van der Waals surface area (Å²) in [6.07, 6.45) is -2.03. The van der Waals surface area contributed by atoms with Gasteiger partial charge in [-0.3, -0.25) is 4.98 Å². The van der Waals surface area contributed by atoms with E-state index in [0.29, 0.717) is 44.1 Å². The van der Waals surface area contributed by atoms with E-state index in [2.05, 4.69) is 31.2 Å². The first-order chi connectivity index (χ1) is 14.8. The van der Waals surface area contributed by atoms with Gasteiger partial charge < -0.3 is 14.5 Å². The molecule has 164 valence electrons. The third kappa shape index (κ3) is 3.46. The Kier molecular flexibility index (Phi) is 4.72. The van der Waals surface area contributed by atoms with Gasteiger partial charge in [-0.05, 0) is 25.5 Å². The Balaban J connectivity index is 1.51. The van der Waals surface area contributed by atoms with Gasteiger partial charge in [-0.25, -0.2) is 0 Å². The molecule has 3 aromatic rings. The van der Waals surface area contributed by atoms with Crippen molar-refractivity contribution in [2.45, 2.75) is 33.0 Å². The van der Waals surface area contributed by atoms with Gasteiger partial charge in [-0.2, -0.15) is 17.7 Å². The van der Waals surface area contributed by atoms with Crippen molar-refractivity contribution in [3.63, 3.8) is 0 Å². The van der Waals surface area contributed by atoms with Crippen LogP contribution in [0.5, 0.6) is 0 Å². The SMILES string of the molecule is Cc1c(N2CCc3ncc(N4CCOCC4)cc3C2)nn2c(C(F)(F)F)nnc2c1C. The Morgan fingerprint density at radius 1 is 1.00 bits per heavy atom. The first-order valence-corrected chi connectivity index (χ1v) is 10.2. The third-order valence-electron chi connectivity index (χ3n) is 6.02. The van der Waals surface area contributed by atoms with E-state index in [1.807, 2.05) is 18.0 Å². The highest BCUT2D eigenvalue weighted by atomic mass is 19.4. The van der Waals surface area contributed by atoms with Crippen LogP contribution in [0.3, 0.4) is 0 Å². The molecular formula is C20H22F3N7O. The number of aromatic nitrogens is 5. The molecule has 2 aliphatic rings. The van der Waals surface area contributed by atoms with Gasteiger partial charge in [-0.15, -0.1) is 15.3 Å². The molecule has 11 heteroatoms. The first kappa shape index (κ1) is 20.0. The highest BCUT2D eigenvalue weighted by molar-refractivity contribution is 5.60. The molecule has 5 rings (SSSR count). The van der Waals surface area contributed by atoms with Crippen molar-refractivity contribution in [1.29, 1.82) is 0 Å². The molecule has 31 heavy (non-hydrogen) atoms. The molecule has 0 aliphatic carbocycles. The Hall–Kier alpha value is -2.95. The van der Waals surface area contributed by atoms with Crippen LogP contribution in [0.4, 0.5) is 24.7 Å². The van der Waals surface area contributed by atoms with Crippen LogP contribution in [-0.4, -0.2) is 57.6 Å². The minimum atomic E-state index is -4.63. The molecule has 1 saturated heterocycles. The number of rotatable bonds is 2. The minimum Gasteiger partial charge on any atom is -0.378 e. The summed E-state index contributed by atoms with van der Waals surface area (Å²) in [7, 11) is 0. The maximum atomic E-state index is 13.4. The number of aryl methyl sites for hydroxylation is 1. The fourth-order valence-corrected chi connectivity index (χ4v) is 4.18. The van der Waals surface area contributed by atoms with Gasteiger partial charge in [0.1, 0.15) is 0 Å². The molecule has 0 radical (unpaired) electrons. The lowest BCUT2D eigenvalue weighted by Crippen LogP contribution is -2.37. The summed E-state index contributed by atoms with van der Waals surface area (Å²) in [6, 6.07) is 2.13. The standard InChI is InChI=1S/C20H22F3N7O/c1-12-13(2)18(27-30-17(12)25-26-19(30)20(21,22)23)29-4-3-16-14(11-29)9-15(10-24-16)28-5-7-31-8-6-28/h9-10H,3-8,11H2,1-2H3. The van der Waals surface area contributed by atoms with Crippen molar-refractivity contribution in [3.05, 3.63) is 40.5 Å². The zero-order chi connectivity index (χ0) is 21.8. The molecule has 8 nitrogen and oxygen atoms in total. The molecule has 0 N–H and O–H groups in total. The van der Waals surface area contributed by atoms with Gasteiger partial charge in [0, 0.05) is 49.4 Å². The van der Waals surface area contributed by atoms with Crippen molar-refractivity contribution in [2.75, 3.05) is 42.6 Å². The second-order valence-electron chi connectivity index (χ2n) is 7.90. The molecule has 0 amide bonds. The molecular weight excluding hydrogens is 411 g/mol. The van der Waals surface area contributed by atoms with Gasteiger partial charge >= 0.3 is 6.18 Å². The molecule has 0 unspecified atom stereocenters. The van der Waals surface area contributed by atoms with Crippen molar-refractivity contribution in [3.8, 4) is 0 Å². The molecule has 1 fully saturated rings. The summed E-state index contributed by atoms with van der Waals surface area (Å²) < 4.78 is 46.4. The lowest BCUT2D eigenvalue weighted by atomic mass is 10.0. The molecule has 0 spiro atoms. The van der Waals surface area contributed by atoms with Crippen molar-refractivity contribution < 1.29 is 17.9 Å². The molecule has 3 aromatic heterocycles. The Labute approximate surface area is 176 Å². The van der Waals surface area contributed by atoms with Crippen LogP contribution in [0.15, 0.2) is 12.3 Å². The van der Waals surface area contributed by atoms with E-state index < -0.39 is 12.0 Å². The lowest BCUT2D eigenvalue weighted by molar-refractivity contribution is -0.146. The second kappa shape index (κ2) is 7.33. The lowest BCUT2D eigenvalue weighted by Gasteiger charge is -2.33. The summed E-state index contributed by atoms with van der Waals surface area (Å²) in [5.74, 6) is -0.599. The molecule has 5 heterocycles. The average Bonchev–Trinajstić information content (AvgIpc) is 3.21. The number of morpholine rings is 1. The number of hydrogen-bond donors (Lipinski definition) is 0. The number of pyridine rings is 1. The second-order valence-corrected chi connectivity index (χ2v) is 7.90. The number of ether oxygens (including phenoxy) is 1. The predicted molar refractivity (Wildman–Crippen MR) is 107 cm³/mol. The maximum absolute atomic E-state index is 13.4. The summed E-state index contributed by atoms with van der Waals surface area (Å²) in [4.78, 5) is 8.89. The Morgan fingerprint density at radius 3 is 2.52 bits per heavy atom. The Morgan fingerprint density at radius 2 is 1.77 bits per heavy atom. The summed E-state index contributed by atoms with van der Waals surface area (Å²) in [5, 5.41) is 11.4. The van der Waals surface area contributed by atoms with E-state index in [0.717, 1.165) is 40.1 Å². The van der Waals surface area contributed by atoms with Crippen LogP contribution >= 0.6 is 0 Å². The van der Waals surface area contributed by atoms with Crippen LogP contribution in [0.2, 0.25) is 0 Å². The van der Waals surface area contributed by atoms with Crippen molar-refractivity contribution in [2.24, 2.45) is 0 Å². The van der Waals surface area contributed by atoms with Crippen molar-refractivity contribution in [1.82, 2.24) is 24.8 Å². The normalized spacial score (nSPS) is 17.3. The zero-order valence-electron chi connectivity index (χ0n) is 17.3. The quantitative estimate of drug-likeness (QED) is 0.615. The van der Waals surface area contributed by atoms with Gasteiger partial charge in [0.25, 0.3) is 5.82 Å². The van der Waals surface area contributed by atoms with Crippen LogP contribution in [0.1, 0.15) is 28.2 Å². The van der Waals surface area contributed by atoms with E-state index in [9.17, 15) is 13.2 Å². The van der Waals surface area contributed by atoms with Gasteiger partial charge in [0.05, 0.1) is 25.1 Å². The fraction of sp³-hybridized carbons (Fsp3) is 0.500. The first-order valence-electron chi connectivity index (χ1n) is 10.2. The zero-order valence-corrected chi connectivity index (χ0v) is 17.3. The number of halogens is 3. The molecule has 0 atom stereocenters. The predicted octanol–water partition coefficient (Wildman–Crippen LogP) is 2.55. The van der Waals surface area contributed by atoms with Gasteiger partial charge in [0.15, 0.2) is 11.5 Å². The van der Waals surface area contributed by atoms with Crippen LogP contribution in [0, 0.1) is 13.8 Å². The van der Waals surface area contributed by atoms with Crippen LogP contribution < -0.4 is 9.80 Å². The van der Waals surface area contributed by atoms with Gasteiger partial charge in [0.2, 0.25) is 0 Å². The number of anilines is 2. The number of hydrogen-bond acceptors (Lipinski definition) is 7. The number of fused-ring (bicyclic) bond motifs is 2. The van der Waals surface area contributed by atoms with Gasteiger partial charge in [-0.1, -0.05) is 0 Å². The number of alkyl halides is 3. The molecule has 0 bridgehead atoms. The molecule has 2 aliphatic heterocycles. The molecule has 0 saturated carbocycles. The topological polar surface area (TPSA) is 71.7 Å². The van der Waals surface area contributed by atoms with E-state index in [1.54, 1.807) is 6.92 Å². The Bertz CT molecular complexity index is 1140. The summed E-state index contributed by atoms with van der Waals surface area (Å²) in [5.41, 5.74) is 4.69. The van der Waals surface area contributed by atoms with Crippen LogP contribution in [0.25, 0.3) is 5.65 Å². The third-order valence-corrected chi connectivity index (χ3v) is 6.02. The maximum Gasteiger partial charge on any atom is 0.453 e. The smallest absolute Gasteiger partial charge is 0.378 e. The van der Waals surface area contributed by atoms with E-state index in [1.165, 1.54) is 0 Å². The monoisotopic (exact) mass is 433 g/mol. The van der Waals surface area contributed by atoms with E-state index >= 15 is 0 Å². The average molecular weight is 433 g/mol.